The summed E-state index contributed by atoms with van der Waals surface area (Å²) in [5.74, 6) is -0.241. The van der Waals surface area contributed by atoms with Crippen molar-refractivity contribution in [2.45, 2.75) is 6.42 Å². The van der Waals surface area contributed by atoms with Crippen LogP contribution in [-0.4, -0.2) is 28.2 Å². The molecule has 1 aromatic carbocycles. The second-order valence-electron chi connectivity index (χ2n) is 4.02. The Morgan fingerprint density at radius 3 is 2.67 bits per heavy atom. The Morgan fingerprint density at radius 2 is 1.94 bits per heavy atom. The van der Waals surface area contributed by atoms with E-state index in [-0.39, 0.29) is 24.7 Å². The average molecular weight is 306 g/mol. The molecule has 0 atom stereocenters. The number of anilines is 1. The maximum atomic E-state index is 11.7. The molecule has 1 aliphatic heterocycles. The maximum absolute atomic E-state index is 11.7. The third kappa shape index (κ3) is 1.69. The van der Waals surface area contributed by atoms with E-state index >= 15 is 0 Å². The van der Waals surface area contributed by atoms with Gasteiger partial charge >= 0.3 is 0 Å². The third-order valence-corrected chi connectivity index (χ3v) is 3.61. The van der Waals surface area contributed by atoms with Gasteiger partial charge in [0.15, 0.2) is 5.78 Å². The van der Waals surface area contributed by atoms with Crippen molar-refractivity contribution in [1.82, 2.24) is 9.97 Å². The summed E-state index contributed by atoms with van der Waals surface area (Å²) in [5.41, 5.74) is 2.09. The summed E-state index contributed by atoms with van der Waals surface area (Å²) in [6, 6.07) is 3.57. The molecule has 1 amide bonds. The lowest BCUT2D eigenvalue weighted by atomic mass is 10.2. The van der Waals surface area contributed by atoms with Crippen LogP contribution < -0.4 is 4.90 Å². The van der Waals surface area contributed by atoms with Gasteiger partial charge in [-0.05, 0) is 28.1 Å². The van der Waals surface area contributed by atoms with Gasteiger partial charge in [0.25, 0.3) is 0 Å². The SMILES string of the molecule is O=C1CC(=O)N(c2ccc3nccnc3c2Br)C1. The lowest BCUT2D eigenvalue weighted by Crippen LogP contribution is -2.24. The first-order chi connectivity index (χ1) is 8.66. The van der Waals surface area contributed by atoms with Gasteiger partial charge in [-0.1, -0.05) is 0 Å². The number of benzene rings is 1. The minimum Gasteiger partial charge on any atom is -0.303 e. The summed E-state index contributed by atoms with van der Waals surface area (Å²) in [7, 11) is 0. The average Bonchev–Trinajstić information content (AvgIpc) is 2.69. The molecule has 1 fully saturated rings. The smallest absolute Gasteiger partial charge is 0.234 e. The Morgan fingerprint density at radius 1 is 1.17 bits per heavy atom. The number of aromatic nitrogens is 2. The fourth-order valence-corrected chi connectivity index (χ4v) is 2.66. The summed E-state index contributed by atoms with van der Waals surface area (Å²) in [4.78, 5) is 32.9. The number of carbonyl (C=O) groups excluding carboxylic acids is 2. The zero-order valence-electron chi connectivity index (χ0n) is 9.26. The van der Waals surface area contributed by atoms with Crippen molar-refractivity contribution in [2.24, 2.45) is 0 Å². The van der Waals surface area contributed by atoms with Gasteiger partial charge in [0.05, 0.1) is 28.6 Å². The van der Waals surface area contributed by atoms with Crippen molar-refractivity contribution in [3.63, 3.8) is 0 Å². The molecular formula is C12H8BrN3O2. The number of Topliss-reactive ketones (excluding diaryl/α,β-unsaturated/α-hetero) is 1. The first-order valence-electron chi connectivity index (χ1n) is 5.38. The van der Waals surface area contributed by atoms with Crippen LogP contribution in [0.4, 0.5) is 5.69 Å². The number of ketones is 1. The van der Waals surface area contributed by atoms with Gasteiger partial charge in [0.1, 0.15) is 5.52 Å². The van der Waals surface area contributed by atoms with Crippen molar-refractivity contribution in [3.8, 4) is 0 Å². The van der Waals surface area contributed by atoms with Gasteiger partial charge in [-0.25, -0.2) is 0 Å². The molecule has 6 heteroatoms. The Kier molecular flexibility index (Phi) is 2.59. The van der Waals surface area contributed by atoms with E-state index in [0.29, 0.717) is 15.7 Å². The van der Waals surface area contributed by atoms with Crippen LogP contribution in [0.2, 0.25) is 0 Å². The lowest BCUT2D eigenvalue weighted by molar-refractivity contribution is -0.121. The van der Waals surface area contributed by atoms with Crippen LogP contribution in [0.3, 0.4) is 0 Å². The Bertz CT molecular complexity index is 671. The van der Waals surface area contributed by atoms with Crippen LogP contribution in [-0.2, 0) is 9.59 Å². The van der Waals surface area contributed by atoms with Gasteiger partial charge < -0.3 is 4.90 Å². The van der Waals surface area contributed by atoms with Gasteiger partial charge in [-0.15, -0.1) is 0 Å². The van der Waals surface area contributed by atoms with E-state index in [2.05, 4.69) is 25.9 Å². The molecule has 1 aromatic heterocycles. The number of hydrogen-bond acceptors (Lipinski definition) is 4. The maximum Gasteiger partial charge on any atom is 0.234 e. The fraction of sp³-hybridized carbons (Fsp3) is 0.167. The minimum atomic E-state index is -0.177. The molecule has 1 saturated heterocycles. The standard InChI is InChI=1S/C12H8BrN3O2/c13-11-9(16-6-7(17)5-10(16)18)2-1-8-12(11)15-4-3-14-8/h1-4H,5-6H2. The molecule has 0 N–H and O–H groups in total. The van der Waals surface area contributed by atoms with Gasteiger partial charge in [-0.2, -0.15) is 0 Å². The number of hydrogen-bond donors (Lipinski definition) is 0. The summed E-state index contributed by atoms with van der Waals surface area (Å²) in [6.45, 7) is 0.128. The third-order valence-electron chi connectivity index (χ3n) is 2.83. The molecule has 0 aliphatic carbocycles. The first-order valence-corrected chi connectivity index (χ1v) is 6.17. The van der Waals surface area contributed by atoms with Crippen LogP contribution >= 0.6 is 15.9 Å². The Balaban J connectivity index is 2.16. The summed E-state index contributed by atoms with van der Waals surface area (Å²) in [5, 5.41) is 0. The highest BCUT2D eigenvalue weighted by molar-refractivity contribution is 9.10. The zero-order chi connectivity index (χ0) is 12.7. The largest absolute Gasteiger partial charge is 0.303 e. The molecule has 1 aliphatic rings. The van der Waals surface area contributed by atoms with E-state index in [1.807, 2.05) is 0 Å². The second-order valence-corrected chi connectivity index (χ2v) is 4.81. The number of fused-ring (bicyclic) bond motifs is 1. The van der Waals surface area contributed by atoms with E-state index < -0.39 is 0 Å². The first kappa shape index (κ1) is 11.3. The van der Waals surface area contributed by atoms with Crippen molar-refractivity contribution >= 4 is 44.3 Å². The molecule has 0 bridgehead atoms. The molecule has 0 radical (unpaired) electrons. The molecule has 2 aromatic rings. The zero-order valence-corrected chi connectivity index (χ0v) is 10.8. The normalized spacial score (nSPS) is 15.7. The highest BCUT2D eigenvalue weighted by Crippen LogP contribution is 2.33. The number of rotatable bonds is 1. The minimum absolute atomic E-state index is 0.0229. The van der Waals surface area contributed by atoms with Crippen molar-refractivity contribution in [1.29, 1.82) is 0 Å². The summed E-state index contributed by atoms with van der Waals surface area (Å²) < 4.78 is 0.691. The van der Waals surface area contributed by atoms with E-state index in [4.69, 9.17) is 0 Å². The van der Waals surface area contributed by atoms with E-state index in [1.165, 1.54) is 4.90 Å². The molecule has 90 valence electrons. The van der Waals surface area contributed by atoms with Crippen molar-refractivity contribution in [2.75, 3.05) is 11.4 Å². The lowest BCUT2D eigenvalue weighted by Gasteiger charge is -2.17. The number of nitrogens with zero attached hydrogens (tertiary/aromatic N) is 3. The predicted molar refractivity (Wildman–Crippen MR) is 69.2 cm³/mol. The summed E-state index contributed by atoms with van der Waals surface area (Å²) in [6.07, 6.45) is 3.18. The quantitative estimate of drug-likeness (QED) is 0.752. The second kappa shape index (κ2) is 4.13. The van der Waals surface area contributed by atoms with Crippen LogP contribution in [0.5, 0.6) is 0 Å². The molecule has 0 saturated carbocycles. The molecule has 0 spiro atoms. The molecule has 2 heterocycles. The number of amides is 1. The Labute approximate surface area is 111 Å². The topological polar surface area (TPSA) is 63.2 Å². The van der Waals surface area contributed by atoms with E-state index in [9.17, 15) is 9.59 Å². The van der Waals surface area contributed by atoms with Gasteiger partial charge in [-0.3, -0.25) is 19.6 Å². The Hall–Kier alpha value is -1.82. The molecule has 3 rings (SSSR count). The van der Waals surface area contributed by atoms with Crippen LogP contribution in [0.25, 0.3) is 11.0 Å². The van der Waals surface area contributed by atoms with Crippen LogP contribution in [0, 0.1) is 0 Å². The van der Waals surface area contributed by atoms with E-state index in [1.54, 1.807) is 24.5 Å². The molecule has 18 heavy (non-hydrogen) atoms. The number of halogens is 1. The van der Waals surface area contributed by atoms with Crippen LogP contribution in [0.1, 0.15) is 6.42 Å². The van der Waals surface area contributed by atoms with Crippen molar-refractivity contribution < 1.29 is 9.59 Å². The fourth-order valence-electron chi connectivity index (χ4n) is 2.00. The molecule has 0 unspecified atom stereocenters. The molecule has 5 nitrogen and oxygen atoms in total. The van der Waals surface area contributed by atoms with E-state index in [0.717, 1.165) is 5.52 Å². The van der Waals surface area contributed by atoms with Gasteiger partial charge in [0, 0.05) is 12.4 Å². The highest BCUT2D eigenvalue weighted by Gasteiger charge is 2.30. The monoisotopic (exact) mass is 305 g/mol. The summed E-state index contributed by atoms with van der Waals surface area (Å²) >= 11 is 3.43. The highest BCUT2D eigenvalue weighted by atomic mass is 79.9. The number of carbonyl (C=O) groups is 2. The van der Waals surface area contributed by atoms with Crippen LogP contribution in [0.15, 0.2) is 29.0 Å². The molecular weight excluding hydrogens is 298 g/mol. The predicted octanol–water partition coefficient (Wildman–Crippen LogP) is 1.70. The van der Waals surface area contributed by atoms with Gasteiger partial charge in [0.2, 0.25) is 5.91 Å². The van der Waals surface area contributed by atoms with Crippen molar-refractivity contribution in [3.05, 3.63) is 29.0 Å².